The first-order valence-electron chi connectivity index (χ1n) is 7.86. The molecule has 3 heteroatoms. The van der Waals surface area contributed by atoms with Crippen molar-refractivity contribution in [2.45, 2.75) is 34.1 Å². The molecule has 1 aliphatic heterocycles. The Hall–Kier alpha value is -0.120. The lowest BCUT2D eigenvalue weighted by Crippen LogP contribution is -2.39. The summed E-state index contributed by atoms with van der Waals surface area (Å²) >= 11 is 0. The third-order valence-corrected chi connectivity index (χ3v) is 3.75. The maximum atomic E-state index is 3.61. The zero-order valence-corrected chi connectivity index (χ0v) is 14.0. The van der Waals surface area contributed by atoms with Gasteiger partial charge in [-0.25, -0.2) is 0 Å². The Labute approximate surface area is 120 Å². The van der Waals surface area contributed by atoms with E-state index in [0.717, 1.165) is 18.4 Å². The fourth-order valence-corrected chi connectivity index (χ4v) is 3.31. The van der Waals surface area contributed by atoms with Gasteiger partial charge in [0.2, 0.25) is 0 Å². The SMILES string of the molecule is CC(C)CNCC1CCN(CC(C)(C)CN(C)C)C1. The standard InChI is InChI=1S/C16H35N3/c1-14(2)9-17-10-15-7-8-19(11-15)13-16(3,4)12-18(5)6/h14-15,17H,7-13H2,1-6H3. The first kappa shape index (κ1) is 16.9. The molecule has 0 radical (unpaired) electrons. The molecule has 1 N–H and O–H groups in total. The summed E-state index contributed by atoms with van der Waals surface area (Å²) < 4.78 is 0. The Kier molecular flexibility index (Phi) is 6.78. The van der Waals surface area contributed by atoms with Crippen LogP contribution in [0.15, 0.2) is 0 Å². The fraction of sp³-hybridized carbons (Fsp3) is 1.00. The molecule has 0 aliphatic carbocycles. The molecule has 114 valence electrons. The molecule has 0 spiro atoms. The predicted molar refractivity (Wildman–Crippen MR) is 84.6 cm³/mol. The monoisotopic (exact) mass is 269 g/mol. The molecule has 1 atom stereocenters. The van der Waals surface area contributed by atoms with Crippen molar-refractivity contribution in [3.05, 3.63) is 0 Å². The van der Waals surface area contributed by atoms with Gasteiger partial charge in [0.05, 0.1) is 0 Å². The van der Waals surface area contributed by atoms with E-state index in [9.17, 15) is 0 Å². The largest absolute Gasteiger partial charge is 0.316 e. The van der Waals surface area contributed by atoms with Crippen molar-refractivity contribution in [1.82, 2.24) is 15.1 Å². The van der Waals surface area contributed by atoms with Crippen molar-refractivity contribution in [3.8, 4) is 0 Å². The molecule has 0 amide bonds. The van der Waals surface area contributed by atoms with Crippen LogP contribution in [0.2, 0.25) is 0 Å². The molecule has 1 unspecified atom stereocenters. The normalized spacial score (nSPS) is 21.8. The first-order valence-corrected chi connectivity index (χ1v) is 7.86. The summed E-state index contributed by atoms with van der Waals surface area (Å²) in [5, 5.41) is 3.61. The number of likely N-dealkylation sites (tertiary alicyclic amines) is 1. The van der Waals surface area contributed by atoms with Gasteiger partial charge >= 0.3 is 0 Å². The third kappa shape index (κ3) is 7.28. The highest BCUT2D eigenvalue weighted by Crippen LogP contribution is 2.23. The van der Waals surface area contributed by atoms with E-state index < -0.39 is 0 Å². The molecule has 19 heavy (non-hydrogen) atoms. The zero-order chi connectivity index (χ0) is 14.5. The summed E-state index contributed by atoms with van der Waals surface area (Å²) in [5.74, 6) is 1.62. The van der Waals surface area contributed by atoms with Crippen LogP contribution in [-0.2, 0) is 0 Å². The van der Waals surface area contributed by atoms with Gasteiger partial charge in [0.25, 0.3) is 0 Å². The van der Waals surface area contributed by atoms with Crippen molar-refractivity contribution in [1.29, 1.82) is 0 Å². The summed E-state index contributed by atoms with van der Waals surface area (Å²) in [4.78, 5) is 4.96. The Morgan fingerprint density at radius 1 is 1.32 bits per heavy atom. The number of nitrogens with one attached hydrogen (secondary N) is 1. The minimum Gasteiger partial charge on any atom is -0.316 e. The van der Waals surface area contributed by atoms with Crippen molar-refractivity contribution < 1.29 is 0 Å². The Morgan fingerprint density at radius 2 is 2.00 bits per heavy atom. The van der Waals surface area contributed by atoms with E-state index in [-0.39, 0.29) is 0 Å². The number of nitrogens with zero attached hydrogens (tertiary/aromatic N) is 2. The van der Waals surface area contributed by atoms with Crippen LogP contribution in [0, 0.1) is 17.3 Å². The van der Waals surface area contributed by atoms with Gasteiger partial charge in [-0.15, -0.1) is 0 Å². The highest BCUT2D eigenvalue weighted by atomic mass is 15.2. The molecule has 0 aromatic carbocycles. The molecular formula is C16H35N3. The molecule has 1 rings (SSSR count). The van der Waals surface area contributed by atoms with Gasteiger partial charge in [-0.05, 0) is 57.4 Å². The van der Waals surface area contributed by atoms with Crippen LogP contribution in [-0.4, -0.2) is 63.2 Å². The molecule has 0 aromatic heterocycles. The van der Waals surface area contributed by atoms with E-state index in [1.807, 2.05) is 0 Å². The van der Waals surface area contributed by atoms with E-state index in [4.69, 9.17) is 0 Å². The van der Waals surface area contributed by atoms with Crippen LogP contribution in [0.3, 0.4) is 0 Å². The van der Waals surface area contributed by atoms with E-state index in [1.54, 1.807) is 0 Å². The van der Waals surface area contributed by atoms with Gasteiger partial charge < -0.3 is 15.1 Å². The minimum absolute atomic E-state index is 0.393. The number of rotatable bonds is 8. The average Bonchev–Trinajstić information content (AvgIpc) is 2.61. The lowest BCUT2D eigenvalue weighted by Gasteiger charge is -2.32. The van der Waals surface area contributed by atoms with Gasteiger partial charge in [-0.3, -0.25) is 0 Å². The van der Waals surface area contributed by atoms with Crippen LogP contribution >= 0.6 is 0 Å². The molecular weight excluding hydrogens is 234 g/mol. The molecule has 0 aromatic rings. The molecule has 1 fully saturated rings. The molecule has 1 aliphatic rings. The van der Waals surface area contributed by atoms with E-state index >= 15 is 0 Å². The minimum atomic E-state index is 0.393. The summed E-state index contributed by atoms with van der Waals surface area (Å²) in [6, 6.07) is 0. The lowest BCUT2D eigenvalue weighted by atomic mass is 9.92. The first-order chi connectivity index (χ1) is 8.78. The second-order valence-electron chi connectivity index (χ2n) is 7.84. The second kappa shape index (κ2) is 7.61. The summed E-state index contributed by atoms with van der Waals surface area (Å²) in [6.45, 7) is 16.6. The number of hydrogen-bond acceptors (Lipinski definition) is 3. The maximum Gasteiger partial charge on any atom is 0.00450 e. The smallest absolute Gasteiger partial charge is 0.00450 e. The lowest BCUT2D eigenvalue weighted by molar-refractivity contribution is 0.160. The van der Waals surface area contributed by atoms with Gasteiger partial charge in [-0.1, -0.05) is 27.7 Å². The van der Waals surface area contributed by atoms with Crippen LogP contribution in [0.5, 0.6) is 0 Å². The van der Waals surface area contributed by atoms with Crippen molar-refractivity contribution in [3.63, 3.8) is 0 Å². The highest BCUT2D eigenvalue weighted by molar-refractivity contribution is 4.83. The highest BCUT2D eigenvalue weighted by Gasteiger charge is 2.28. The molecule has 3 nitrogen and oxygen atoms in total. The van der Waals surface area contributed by atoms with Crippen LogP contribution in [0.1, 0.15) is 34.1 Å². The van der Waals surface area contributed by atoms with E-state index in [0.29, 0.717) is 5.41 Å². The van der Waals surface area contributed by atoms with Gasteiger partial charge in [0.15, 0.2) is 0 Å². The number of hydrogen-bond donors (Lipinski definition) is 1. The quantitative estimate of drug-likeness (QED) is 0.728. The zero-order valence-electron chi connectivity index (χ0n) is 14.0. The van der Waals surface area contributed by atoms with Crippen LogP contribution < -0.4 is 5.32 Å². The van der Waals surface area contributed by atoms with Crippen molar-refractivity contribution >= 4 is 0 Å². The Bertz CT molecular complexity index is 248. The van der Waals surface area contributed by atoms with Crippen molar-refractivity contribution in [2.24, 2.45) is 17.3 Å². The second-order valence-corrected chi connectivity index (χ2v) is 7.84. The molecule has 0 bridgehead atoms. The Morgan fingerprint density at radius 3 is 2.58 bits per heavy atom. The predicted octanol–water partition coefficient (Wildman–Crippen LogP) is 2.14. The maximum absolute atomic E-state index is 3.61. The summed E-state index contributed by atoms with van der Waals surface area (Å²) in [5.41, 5.74) is 0.393. The third-order valence-electron chi connectivity index (χ3n) is 3.75. The van der Waals surface area contributed by atoms with E-state index in [1.165, 1.54) is 39.1 Å². The molecule has 1 saturated heterocycles. The summed E-state index contributed by atoms with van der Waals surface area (Å²) in [6.07, 6.45) is 1.36. The van der Waals surface area contributed by atoms with Gasteiger partial charge in [0, 0.05) is 19.6 Å². The van der Waals surface area contributed by atoms with Crippen molar-refractivity contribution in [2.75, 3.05) is 53.4 Å². The van der Waals surface area contributed by atoms with Gasteiger partial charge in [0.1, 0.15) is 0 Å². The fourth-order valence-electron chi connectivity index (χ4n) is 3.31. The summed E-state index contributed by atoms with van der Waals surface area (Å²) in [7, 11) is 4.34. The van der Waals surface area contributed by atoms with Crippen LogP contribution in [0.25, 0.3) is 0 Å². The van der Waals surface area contributed by atoms with Gasteiger partial charge in [-0.2, -0.15) is 0 Å². The Balaban J connectivity index is 2.24. The average molecular weight is 269 g/mol. The van der Waals surface area contributed by atoms with E-state index in [2.05, 4.69) is 56.9 Å². The van der Waals surface area contributed by atoms with Crippen LogP contribution in [0.4, 0.5) is 0 Å². The molecule has 1 heterocycles. The molecule has 0 saturated carbocycles. The topological polar surface area (TPSA) is 18.5 Å².